The number of carbonyl (C=O) groups excluding carboxylic acids is 2. The van der Waals surface area contributed by atoms with Gasteiger partial charge in [-0.2, -0.15) is 0 Å². The third kappa shape index (κ3) is 4.51. The molecule has 0 aliphatic carbocycles. The van der Waals surface area contributed by atoms with Crippen molar-refractivity contribution in [3.05, 3.63) is 41.5 Å². The predicted molar refractivity (Wildman–Crippen MR) is 113 cm³/mol. The van der Waals surface area contributed by atoms with E-state index >= 15 is 0 Å². The van der Waals surface area contributed by atoms with Crippen molar-refractivity contribution in [1.82, 2.24) is 0 Å². The lowest BCUT2D eigenvalue weighted by Gasteiger charge is -2.38. The molecule has 0 N–H and O–H groups in total. The van der Waals surface area contributed by atoms with Crippen molar-refractivity contribution in [3.63, 3.8) is 0 Å². The highest BCUT2D eigenvalue weighted by Crippen LogP contribution is 2.48. The van der Waals surface area contributed by atoms with E-state index in [4.69, 9.17) is 33.2 Å². The number of rotatable bonds is 7. The Balaban J connectivity index is 2.20. The molecule has 1 heterocycles. The summed E-state index contributed by atoms with van der Waals surface area (Å²) in [6.45, 7) is 2.57. The Kier molecular flexibility index (Phi) is 6.97. The number of ether oxygens (including phenoxy) is 7. The lowest BCUT2D eigenvalue weighted by atomic mass is 9.91. The molecule has 0 fully saturated rings. The van der Waals surface area contributed by atoms with E-state index in [2.05, 4.69) is 0 Å². The summed E-state index contributed by atoms with van der Waals surface area (Å²) in [7, 11) is 6.02. The molecule has 3 atom stereocenters. The quantitative estimate of drug-likeness (QED) is 0.593. The zero-order chi connectivity index (χ0) is 23.4. The second kappa shape index (κ2) is 9.67. The van der Waals surface area contributed by atoms with Gasteiger partial charge >= 0.3 is 11.9 Å². The van der Waals surface area contributed by atoms with E-state index in [1.54, 1.807) is 30.3 Å². The van der Waals surface area contributed by atoms with Crippen molar-refractivity contribution in [1.29, 1.82) is 0 Å². The number of hydrogen-bond acceptors (Lipinski definition) is 9. The van der Waals surface area contributed by atoms with Gasteiger partial charge in [-0.1, -0.05) is 0 Å². The second-order valence-electron chi connectivity index (χ2n) is 7.00. The first-order valence-corrected chi connectivity index (χ1v) is 9.81. The van der Waals surface area contributed by atoms with Gasteiger partial charge in [0.05, 0.1) is 28.4 Å². The van der Waals surface area contributed by atoms with Gasteiger partial charge in [0.25, 0.3) is 0 Å². The van der Waals surface area contributed by atoms with Gasteiger partial charge < -0.3 is 33.2 Å². The van der Waals surface area contributed by atoms with Crippen molar-refractivity contribution in [3.8, 4) is 28.7 Å². The maximum Gasteiger partial charge on any atom is 0.303 e. The smallest absolute Gasteiger partial charge is 0.303 e. The molecule has 0 unspecified atom stereocenters. The molecule has 172 valence electrons. The minimum absolute atomic E-state index is 0.396. The summed E-state index contributed by atoms with van der Waals surface area (Å²) in [6.07, 6.45) is -2.73. The van der Waals surface area contributed by atoms with Crippen molar-refractivity contribution >= 4 is 11.9 Å². The second-order valence-corrected chi connectivity index (χ2v) is 7.00. The van der Waals surface area contributed by atoms with E-state index in [1.807, 2.05) is 0 Å². The molecule has 9 heteroatoms. The average Bonchev–Trinajstić information content (AvgIpc) is 2.78. The number of methoxy groups -OCH3 is 4. The van der Waals surface area contributed by atoms with Crippen LogP contribution < -0.4 is 23.7 Å². The lowest BCUT2D eigenvalue weighted by molar-refractivity contribution is -0.178. The van der Waals surface area contributed by atoms with Crippen LogP contribution in [0.3, 0.4) is 0 Å². The van der Waals surface area contributed by atoms with E-state index < -0.39 is 30.3 Å². The van der Waals surface area contributed by atoms with E-state index in [-0.39, 0.29) is 0 Å². The molecule has 1 aliphatic rings. The monoisotopic (exact) mass is 446 g/mol. The average molecular weight is 446 g/mol. The largest absolute Gasteiger partial charge is 0.497 e. The Hall–Kier alpha value is -3.62. The van der Waals surface area contributed by atoms with Crippen LogP contribution in [0.5, 0.6) is 28.7 Å². The zero-order valence-electron chi connectivity index (χ0n) is 18.8. The van der Waals surface area contributed by atoms with E-state index in [1.165, 1.54) is 42.3 Å². The van der Waals surface area contributed by atoms with Crippen LogP contribution in [0.15, 0.2) is 30.3 Å². The molecule has 0 amide bonds. The molecule has 0 saturated carbocycles. The summed E-state index contributed by atoms with van der Waals surface area (Å²) >= 11 is 0. The maximum absolute atomic E-state index is 12.0. The number of carbonyl (C=O) groups is 2. The molecule has 2 aromatic carbocycles. The summed E-state index contributed by atoms with van der Waals surface area (Å²) in [6, 6.07) is 8.49. The van der Waals surface area contributed by atoms with Crippen LogP contribution in [0.4, 0.5) is 0 Å². The van der Waals surface area contributed by atoms with E-state index in [9.17, 15) is 9.59 Å². The molecule has 9 nitrogen and oxygen atoms in total. The third-order valence-corrected chi connectivity index (χ3v) is 4.99. The van der Waals surface area contributed by atoms with Crippen molar-refractivity contribution in [2.24, 2.45) is 0 Å². The van der Waals surface area contributed by atoms with Crippen LogP contribution in [-0.4, -0.2) is 46.5 Å². The van der Waals surface area contributed by atoms with Gasteiger partial charge in [-0.05, 0) is 24.3 Å². The van der Waals surface area contributed by atoms with Crippen molar-refractivity contribution < 1.29 is 42.7 Å². The molecular weight excluding hydrogens is 420 g/mol. The first-order valence-electron chi connectivity index (χ1n) is 9.81. The van der Waals surface area contributed by atoms with Crippen LogP contribution >= 0.6 is 0 Å². The molecule has 32 heavy (non-hydrogen) atoms. The fourth-order valence-electron chi connectivity index (χ4n) is 3.67. The number of fused-ring (bicyclic) bond motifs is 1. The SMILES string of the molecule is COc1ccc2c(c1)O[C@H](c1cc(OC)c(OC)c(OC)c1)[C@@H](OC(C)=O)[C@@H]2OC(C)=O. The summed E-state index contributed by atoms with van der Waals surface area (Å²) < 4.78 is 39.0. The Labute approximate surface area is 186 Å². The molecule has 1 aliphatic heterocycles. The van der Waals surface area contributed by atoms with Crippen LogP contribution in [0.2, 0.25) is 0 Å². The highest BCUT2D eigenvalue weighted by atomic mass is 16.6. The molecule has 0 bridgehead atoms. The van der Waals surface area contributed by atoms with Gasteiger partial charge in [-0.15, -0.1) is 0 Å². The summed E-state index contributed by atoms with van der Waals surface area (Å²) in [4.78, 5) is 23.9. The Bertz CT molecular complexity index is 976. The molecule has 0 aromatic heterocycles. The van der Waals surface area contributed by atoms with E-state index in [0.29, 0.717) is 39.9 Å². The highest BCUT2D eigenvalue weighted by Gasteiger charge is 2.44. The summed E-state index contributed by atoms with van der Waals surface area (Å²) in [5.74, 6) is 1.10. The van der Waals surface area contributed by atoms with Gasteiger partial charge in [-0.3, -0.25) is 9.59 Å². The Morgan fingerprint density at radius 2 is 1.44 bits per heavy atom. The molecular formula is C23H26O9. The number of benzene rings is 2. The van der Waals surface area contributed by atoms with Crippen LogP contribution in [0, 0.1) is 0 Å². The maximum atomic E-state index is 12.0. The standard InChI is InChI=1S/C23H26O9/c1-12(24)30-21-16-8-7-15(26-3)11-17(16)32-20(23(21)31-13(2)25)14-9-18(27-4)22(29-6)19(10-14)28-5/h7-11,20-21,23H,1-6H3/t20-,21-,23-/m1/s1. The minimum atomic E-state index is -0.972. The number of esters is 2. The zero-order valence-corrected chi connectivity index (χ0v) is 18.8. The molecule has 2 aromatic rings. The van der Waals surface area contributed by atoms with Crippen molar-refractivity contribution in [2.75, 3.05) is 28.4 Å². The Morgan fingerprint density at radius 1 is 0.812 bits per heavy atom. The van der Waals surface area contributed by atoms with Gasteiger partial charge in [0.2, 0.25) is 5.75 Å². The molecule has 0 spiro atoms. The third-order valence-electron chi connectivity index (χ3n) is 4.99. The Morgan fingerprint density at radius 3 is 1.94 bits per heavy atom. The first kappa shape index (κ1) is 23.1. The van der Waals surface area contributed by atoms with Gasteiger partial charge in [0.15, 0.2) is 29.8 Å². The lowest BCUT2D eigenvalue weighted by Crippen LogP contribution is -2.39. The van der Waals surface area contributed by atoms with Gasteiger partial charge in [0, 0.05) is 31.0 Å². The summed E-state index contributed by atoms with van der Waals surface area (Å²) in [5.41, 5.74) is 1.12. The predicted octanol–water partition coefficient (Wildman–Crippen LogP) is 3.39. The van der Waals surface area contributed by atoms with E-state index in [0.717, 1.165) is 0 Å². The fourth-order valence-corrected chi connectivity index (χ4v) is 3.67. The number of hydrogen-bond donors (Lipinski definition) is 0. The molecule has 0 saturated heterocycles. The minimum Gasteiger partial charge on any atom is -0.497 e. The summed E-state index contributed by atoms with van der Waals surface area (Å²) in [5, 5.41) is 0. The van der Waals surface area contributed by atoms with Crippen LogP contribution in [0.1, 0.15) is 37.2 Å². The van der Waals surface area contributed by atoms with Crippen LogP contribution in [-0.2, 0) is 19.1 Å². The van der Waals surface area contributed by atoms with Crippen LogP contribution in [0.25, 0.3) is 0 Å². The van der Waals surface area contributed by atoms with Crippen molar-refractivity contribution in [2.45, 2.75) is 32.2 Å². The van der Waals surface area contributed by atoms with Gasteiger partial charge in [0.1, 0.15) is 11.5 Å². The fraction of sp³-hybridized carbons (Fsp3) is 0.391. The normalized spacial score (nSPS) is 19.1. The van der Waals surface area contributed by atoms with Gasteiger partial charge in [-0.25, -0.2) is 0 Å². The topological polar surface area (TPSA) is 98.8 Å². The highest BCUT2D eigenvalue weighted by molar-refractivity contribution is 5.68. The molecule has 3 rings (SSSR count). The first-order chi connectivity index (χ1) is 15.3. The molecule has 0 radical (unpaired) electrons.